The lowest BCUT2D eigenvalue weighted by molar-refractivity contribution is 0.245. The molecular weight excluding hydrogens is 277 g/mol. The lowest BCUT2D eigenvalue weighted by atomic mass is 9.79. The Morgan fingerprint density at radius 1 is 1.17 bits per heavy atom. The lowest BCUT2D eigenvalue weighted by Gasteiger charge is -2.29. The average Bonchev–Trinajstić information content (AvgIpc) is 2.21. The summed E-state index contributed by atoms with van der Waals surface area (Å²) in [5, 5.41) is -0.239. The summed E-state index contributed by atoms with van der Waals surface area (Å²) in [5.74, 6) is -1.52. The van der Waals surface area contributed by atoms with E-state index in [1.807, 2.05) is 0 Å². The van der Waals surface area contributed by atoms with Crippen molar-refractivity contribution >= 4 is 23.2 Å². The number of halogens is 4. The number of alkyl halides is 1. The van der Waals surface area contributed by atoms with Gasteiger partial charge >= 0.3 is 0 Å². The fraction of sp³-hybridized carbons (Fsp3) is 0.571. The molecule has 0 aliphatic carbocycles. The van der Waals surface area contributed by atoms with Crippen LogP contribution in [-0.2, 0) is 0 Å². The molecule has 0 aliphatic heterocycles. The van der Waals surface area contributed by atoms with Crippen LogP contribution in [0.25, 0.3) is 0 Å². The highest BCUT2D eigenvalue weighted by atomic mass is 35.5. The molecule has 0 saturated heterocycles. The van der Waals surface area contributed by atoms with Gasteiger partial charge in [0.1, 0.15) is 0 Å². The normalized spacial score (nSPS) is 15.6. The number of rotatable bonds is 3. The Kier molecular flexibility index (Phi) is 5.02. The third-order valence-corrected chi connectivity index (χ3v) is 4.16. The molecule has 4 heteroatoms. The van der Waals surface area contributed by atoms with E-state index in [0.717, 1.165) is 12.1 Å². The Balaban J connectivity index is 2.91. The molecule has 0 N–H and O–H groups in total. The maximum Gasteiger partial charge on any atom is 0.160 e. The van der Waals surface area contributed by atoms with Crippen molar-refractivity contribution in [3.05, 3.63) is 34.4 Å². The van der Waals surface area contributed by atoms with E-state index in [4.69, 9.17) is 23.2 Å². The van der Waals surface area contributed by atoms with Crippen molar-refractivity contribution in [1.82, 2.24) is 0 Å². The summed E-state index contributed by atoms with van der Waals surface area (Å²) in [6.07, 6.45) is 0.663. The molecule has 1 rings (SSSR count). The van der Waals surface area contributed by atoms with Crippen molar-refractivity contribution in [2.75, 3.05) is 0 Å². The molecule has 18 heavy (non-hydrogen) atoms. The van der Waals surface area contributed by atoms with Crippen LogP contribution in [0.3, 0.4) is 0 Å². The van der Waals surface area contributed by atoms with Crippen LogP contribution in [0.5, 0.6) is 0 Å². The summed E-state index contributed by atoms with van der Waals surface area (Å²) < 4.78 is 26.2. The molecule has 0 nitrogen and oxygen atoms in total. The van der Waals surface area contributed by atoms with Crippen molar-refractivity contribution in [2.45, 2.75) is 39.5 Å². The molecule has 2 atom stereocenters. The van der Waals surface area contributed by atoms with E-state index in [1.54, 1.807) is 0 Å². The second kappa shape index (κ2) is 5.75. The van der Waals surface area contributed by atoms with Crippen LogP contribution in [0, 0.1) is 23.0 Å². The minimum Gasteiger partial charge on any atom is -0.204 e. The smallest absolute Gasteiger partial charge is 0.160 e. The molecule has 1 aromatic carbocycles. The lowest BCUT2D eigenvalue weighted by Crippen LogP contribution is -2.18. The van der Waals surface area contributed by atoms with Gasteiger partial charge in [-0.3, -0.25) is 0 Å². The molecule has 102 valence electrons. The maximum absolute atomic E-state index is 13.2. The molecule has 0 spiro atoms. The fourth-order valence-corrected chi connectivity index (χ4v) is 2.35. The molecule has 2 unspecified atom stereocenters. The van der Waals surface area contributed by atoms with E-state index in [-0.39, 0.29) is 10.4 Å². The first kappa shape index (κ1) is 15.7. The van der Waals surface area contributed by atoms with Gasteiger partial charge in [0.05, 0.1) is 5.38 Å². The molecule has 0 bridgehead atoms. The highest BCUT2D eigenvalue weighted by Crippen LogP contribution is 2.39. The van der Waals surface area contributed by atoms with E-state index in [1.165, 1.54) is 0 Å². The third-order valence-electron chi connectivity index (χ3n) is 3.42. The maximum atomic E-state index is 13.2. The zero-order chi connectivity index (χ0) is 14.1. The average molecular weight is 295 g/mol. The molecule has 0 fully saturated rings. The van der Waals surface area contributed by atoms with Crippen molar-refractivity contribution in [1.29, 1.82) is 0 Å². The van der Waals surface area contributed by atoms with Gasteiger partial charge < -0.3 is 0 Å². The van der Waals surface area contributed by atoms with Crippen molar-refractivity contribution in [2.24, 2.45) is 11.3 Å². The predicted octanol–water partition coefficient (Wildman–Crippen LogP) is 5.97. The van der Waals surface area contributed by atoms with E-state index < -0.39 is 17.0 Å². The highest BCUT2D eigenvalue weighted by molar-refractivity contribution is 6.32. The molecule has 0 radical (unpaired) electrons. The van der Waals surface area contributed by atoms with Crippen LogP contribution in [0.1, 0.15) is 45.1 Å². The van der Waals surface area contributed by atoms with Gasteiger partial charge in [-0.15, -0.1) is 11.6 Å². The van der Waals surface area contributed by atoms with Crippen LogP contribution in [0.15, 0.2) is 12.1 Å². The second-order valence-corrected chi connectivity index (χ2v) is 6.69. The van der Waals surface area contributed by atoms with Gasteiger partial charge in [-0.05, 0) is 35.4 Å². The Morgan fingerprint density at radius 2 is 1.67 bits per heavy atom. The summed E-state index contributed by atoms with van der Waals surface area (Å²) in [4.78, 5) is 0. The van der Waals surface area contributed by atoms with Crippen LogP contribution in [0.2, 0.25) is 5.02 Å². The van der Waals surface area contributed by atoms with E-state index >= 15 is 0 Å². The first-order valence-electron chi connectivity index (χ1n) is 5.91. The standard InChI is InChI=1S/C14H18Cl2F2/c1-8(14(2,3)4)5-10(15)9-6-12(17)13(18)7-11(9)16/h6-8,10H,5H2,1-4H3. The van der Waals surface area contributed by atoms with Gasteiger partial charge in [-0.1, -0.05) is 39.3 Å². The first-order chi connectivity index (χ1) is 8.12. The van der Waals surface area contributed by atoms with Crippen LogP contribution in [0.4, 0.5) is 8.78 Å². The van der Waals surface area contributed by atoms with Crippen LogP contribution >= 0.6 is 23.2 Å². The molecular formula is C14H18Cl2F2. The Morgan fingerprint density at radius 3 is 2.17 bits per heavy atom. The van der Waals surface area contributed by atoms with Crippen molar-refractivity contribution < 1.29 is 8.78 Å². The summed E-state index contributed by atoms with van der Waals surface area (Å²) in [7, 11) is 0. The number of benzene rings is 1. The van der Waals surface area contributed by atoms with Gasteiger partial charge in [-0.25, -0.2) is 8.78 Å². The molecule has 0 aromatic heterocycles. The van der Waals surface area contributed by atoms with Crippen molar-refractivity contribution in [3.8, 4) is 0 Å². The number of hydrogen-bond donors (Lipinski definition) is 0. The summed E-state index contributed by atoms with van der Waals surface area (Å²) >= 11 is 12.2. The molecule has 0 aliphatic rings. The van der Waals surface area contributed by atoms with Crippen LogP contribution in [-0.4, -0.2) is 0 Å². The quantitative estimate of drug-likeness (QED) is 0.476. The SMILES string of the molecule is CC(CC(Cl)c1cc(F)c(F)cc1Cl)C(C)(C)C. The van der Waals surface area contributed by atoms with Crippen LogP contribution < -0.4 is 0 Å². The summed E-state index contributed by atoms with van der Waals surface area (Å²) in [6, 6.07) is 2.06. The zero-order valence-corrected chi connectivity index (χ0v) is 12.5. The minimum atomic E-state index is -0.948. The zero-order valence-electron chi connectivity index (χ0n) is 11.0. The van der Waals surface area contributed by atoms with E-state index in [9.17, 15) is 8.78 Å². The van der Waals surface area contributed by atoms with Gasteiger partial charge in [0.2, 0.25) is 0 Å². The number of hydrogen-bond acceptors (Lipinski definition) is 0. The first-order valence-corrected chi connectivity index (χ1v) is 6.73. The predicted molar refractivity (Wildman–Crippen MR) is 73.2 cm³/mol. The highest BCUT2D eigenvalue weighted by Gasteiger charge is 2.25. The Labute approximate surface area is 117 Å². The molecule has 0 amide bonds. The fourth-order valence-electron chi connectivity index (χ4n) is 1.57. The second-order valence-electron chi connectivity index (χ2n) is 5.76. The minimum absolute atomic E-state index is 0.109. The van der Waals surface area contributed by atoms with Gasteiger partial charge in [0.15, 0.2) is 11.6 Å². The largest absolute Gasteiger partial charge is 0.204 e. The molecule has 0 heterocycles. The van der Waals surface area contributed by atoms with Gasteiger partial charge in [0, 0.05) is 5.02 Å². The van der Waals surface area contributed by atoms with Crippen molar-refractivity contribution in [3.63, 3.8) is 0 Å². The Bertz CT molecular complexity index is 425. The molecule has 1 aromatic rings. The van der Waals surface area contributed by atoms with E-state index in [2.05, 4.69) is 27.7 Å². The monoisotopic (exact) mass is 294 g/mol. The topological polar surface area (TPSA) is 0 Å². The van der Waals surface area contributed by atoms with Gasteiger partial charge in [-0.2, -0.15) is 0 Å². The van der Waals surface area contributed by atoms with Gasteiger partial charge in [0.25, 0.3) is 0 Å². The summed E-state index contributed by atoms with van der Waals surface area (Å²) in [5.41, 5.74) is 0.561. The third kappa shape index (κ3) is 3.83. The van der Waals surface area contributed by atoms with E-state index in [0.29, 0.717) is 17.9 Å². The Hall–Kier alpha value is -0.340. The molecule has 0 saturated carbocycles. The summed E-state index contributed by atoms with van der Waals surface area (Å²) in [6.45, 7) is 8.44.